The maximum absolute atomic E-state index is 13.5. The molecule has 1 fully saturated rings. The first-order chi connectivity index (χ1) is 18.2. The van der Waals surface area contributed by atoms with Crippen LogP contribution in [0, 0.1) is 0 Å². The number of ketones is 1. The first-order valence-electron chi connectivity index (χ1n) is 12.8. The molecule has 2 aliphatic rings. The van der Waals surface area contributed by atoms with Crippen LogP contribution in [0.4, 0.5) is 11.4 Å². The number of carbonyl (C=O) groups is 3. The van der Waals surface area contributed by atoms with Gasteiger partial charge in [0, 0.05) is 31.0 Å². The maximum atomic E-state index is 13.5. The second-order valence-corrected chi connectivity index (χ2v) is 10.1. The number of amides is 1. The smallest absolute Gasteiger partial charge is 0.307 e. The lowest BCUT2D eigenvalue weighted by Crippen LogP contribution is -2.29. The number of aliphatic hydroxyl groups is 1. The van der Waals surface area contributed by atoms with E-state index in [0.29, 0.717) is 22.4 Å². The molecule has 0 bridgehead atoms. The van der Waals surface area contributed by atoms with Crippen LogP contribution in [0.3, 0.4) is 0 Å². The minimum absolute atomic E-state index is 0.0398. The minimum atomic E-state index is -0.954. The molecule has 1 unspecified atom stereocenters. The summed E-state index contributed by atoms with van der Waals surface area (Å²) in [6.45, 7) is 0. The van der Waals surface area contributed by atoms with Crippen molar-refractivity contribution in [1.29, 1.82) is 0 Å². The largest absolute Gasteiger partial charge is 0.507 e. The molecule has 7 nitrogen and oxygen atoms in total. The van der Waals surface area contributed by atoms with Crippen molar-refractivity contribution in [2.45, 2.75) is 38.1 Å². The van der Waals surface area contributed by atoms with E-state index in [1.54, 1.807) is 24.3 Å². The molecule has 0 saturated carbocycles. The predicted molar refractivity (Wildman–Crippen MR) is 146 cm³/mol. The highest BCUT2D eigenvalue weighted by Crippen LogP contribution is 2.43. The van der Waals surface area contributed by atoms with E-state index in [2.05, 4.69) is 0 Å². The number of aliphatic hydroxyl groups excluding tert-OH is 1. The summed E-state index contributed by atoms with van der Waals surface area (Å²) in [7, 11) is 3.85. The molecule has 1 heterocycles. The van der Waals surface area contributed by atoms with Gasteiger partial charge in [0.1, 0.15) is 5.76 Å². The van der Waals surface area contributed by atoms with Gasteiger partial charge in [-0.2, -0.15) is 0 Å². The molecule has 0 aromatic heterocycles. The lowest BCUT2D eigenvalue weighted by atomic mass is 9.88. The van der Waals surface area contributed by atoms with Crippen molar-refractivity contribution in [1.82, 2.24) is 0 Å². The Kier molecular flexibility index (Phi) is 6.76. The lowest BCUT2D eigenvalue weighted by molar-refractivity contribution is -0.136. The normalized spacial score (nSPS) is 18.4. The first-order valence-corrected chi connectivity index (χ1v) is 12.8. The number of nitrogens with zero attached hydrogens (tertiary/aromatic N) is 2. The Hall–Kier alpha value is -4.39. The average Bonchev–Trinajstić information content (AvgIpc) is 3.18. The molecule has 3 aromatic carbocycles. The third-order valence-corrected chi connectivity index (χ3v) is 7.36. The van der Waals surface area contributed by atoms with Crippen molar-refractivity contribution in [3.05, 3.63) is 100 Å². The quantitative estimate of drug-likeness (QED) is 0.279. The summed E-state index contributed by atoms with van der Waals surface area (Å²) in [4.78, 5) is 41.4. The zero-order valence-corrected chi connectivity index (χ0v) is 21.5. The number of anilines is 2. The number of aliphatic carboxylic acids is 1. The fourth-order valence-corrected chi connectivity index (χ4v) is 5.35. The molecule has 0 radical (unpaired) electrons. The van der Waals surface area contributed by atoms with Crippen molar-refractivity contribution >= 4 is 34.8 Å². The molecule has 1 aliphatic heterocycles. The maximum Gasteiger partial charge on any atom is 0.307 e. The summed E-state index contributed by atoms with van der Waals surface area (Å²) in [5, 5.41) is 20.6. The number of fused-ring (bicyclic) bond motifs is 1. The van der Waals surface area contributed by atoms with Crippen LogP contribution in [0.1, 0.15) is 46.7 Å². The molecule has 3 aromatic rings. The molecule has 0 spiro atoms. The zero-order chi connectivity index (χ0) is 27.0. The highest BCUT2D eigenvalue weighted by atomic mass is 16.4. The van der Waals surface area contributed by atoms with Crippen LogP contribution in [0.15, 0.2) is 72.3 Å². The summed E-state index contributed by atoms with van der Waals surface area (Å²) >= 11 is 0. The van der Waals surface area contributed by atoms with E-state index in [1.165, 1.54) is 10.5 Å². The Morgan fingerprint density at radius 3 is 2.18 bits per heavy atom. The molecule has 1 aliphatic carbocycles. The second-order valence-electron chi connectivity index (χ2n) is 10.1. The van der Waals surface area contributed by atoms with Gasteiger partial charge in [0.25, 0.3) is 11.7 Å². The van der Waals surface area contributed by atoms with E-state index >= 15 is 0 Å². The van der Waals surface area contributed by atoms with Crippen molar-refractivity contribution in [3.63, 3.8) is 0 Å². The summed E-state index contributed by atoms with van der Waals surface area (Å²) in [5.41, 5.74) is 5.66. The number of benzene rings is 3. The van der Waals surface area contributed by atoms with Gasteiger partial charge < -0.3 is 15.1 Å². The van der Waals surface area contributed by atoms with Crippen LogP contribution < -0.4 is 9.80 Å². The Bertz CT molecular complexity index is 1440. The zero-order valence-electron chi connectivity index (χ0n) is 21.5. The summed E-state index contributed by atoms with van der Waals surface area (Å²) in [6, 6.07) is 19.0. The molecule has 7 heteroatoms. The van der Waals surface area contributed by atoms with Crippen LogP contribution in [0.2, 0.25) is 0 Å². The van der Waals surface area contributed by atoms with Gasteiger partial charge >= 0.3 is 5.97 Å². The summed E-state index contributed by atoms with van der Waals surface area (Å²) in [5.74, 6) is -2.64. The van der Waals surface area contributed by atoms with E-state index in [9.17, 15) is 19.5 Å². The van der Waals surface area contributed by atoms with Crippen LogP contribution in [0.5, 0.6) is 0 Å². The van der Waals surface area contributed by atoms with Gasteiger partial charge in [-0.15, -0.1) is 0 Å². The number of carbonyl (C=O) groups excluding carboxylic acids is 2. The fourth-order valence-electron chi connectivity index (χ4n) is 5.35. The number of Topliss-reactive ketones (excluding diaryl/α,β-unsaturated/α-hetero) is 1. The van der Waals surface area contributed by atoms with Gasteiger partial charge in [-0.25, -0.2) is 0 Å². The Morgan fingerprint density at radius 1 is 0.895 bits per heavy atom. The number of hydrogen-bond donors (Lipinski definition) is 2. The van der Waals surface area contributed by atoms with Crippen molar-refractivity contribution in [2.75, 3.05) is 23.9 Å². The SMILES string of the molecule is CN(C)c1ccc(C2/C(=C(/O)c3ccc4c(c3)CCCC4)C(=O)C(=O)N2c2ccc(CC(=O)O)cc2)cc1. The van der Waals surface area contributed by atoms with E-state index < -0.39 is 23.7 Å². The Labute approximate surface area is 221 Å². The molecule has 38 heavy (non-hydrogen) atoms. The number of rotatable bonds is 6. The van der Waals surface area contributed by atoms with E-state index in [4.69, 9.17) is 5.11 Å². The molecular formula is C31H30N2O5. The van der Waals surface area contributed by atoms with Crippen molar-refractivity contribution < 1.29 is 24.6 Å². The molecule has 1 saturated heterocycles. The third kappa shape index (κ3) is 4.67. The number of carboxylic acid groups (broad SMARTS) is 1. The van der Waals surface area contributed by atoms with Crippen LogP contribution >= 0.6 is 0 Å². The number of hydrogen-bond acceptors (Lipinski definition) is 5. The fraction of sp³-hybridized carbons (Fsp3) is 0.258. The Morgan fingerprint density at radius 2 is 1.55 bits per heavy atom. The third-order valence-electron chi connectivity index (χ3n) is 7.36. The van der Waals surface area contributed by atoms with Crippen LogP contribution in [-0.4, -0.2) is 42.0 Å². The van der Waals surface area contributed by atoms with Crippen LogP contribution in [0.25, 0.3) is 5.76 Å². The molecule has 1 atom stereocenters. The lowest BCUT2D eigenvalue weighted by Gasteiger charge is -2.26. The average molecular weight is 511 g/mol. The minimum Gasteiger partial charge on any atom is -0.507 e. The topological polar surface area (TPSA) is 98.2 Å². The summed E-state index contributed by atoms with van der Waals surface area (Å²) < 4.78 is 0. The van der Waals surface area contributed by atoms with Gasteiger partial charge in [-0.1, -0.05) is 36.4 Å². The first kappa shape index (κ1) is 25.3. The molecule has 1 amide bonds. The molecule has 5 rings (SSSR count). The van der Waals surface area contributed by atoms with Crippen molar-refractivity contribution in [2.24, 2.45) is 0 Å². The highest BCUT2D eigenvalue weighted by molar-refractivity contribution is 6.51. The van der Waals surface area contributed by atoms with Gasteiger partial charge in [0.15, 0.2) is 0 Å². The van der Waals surface area contributed by atoms with Gasteiger partial charge in [0.05, 0.1) is 18.0 Å². The molecular weight excluding hydrogens is 480 g/mol. The monoisotopic (exact) mass is 510 g/mol. The number of carboxylic acids is 1. The molecule has 2 N–H and O–H groups in total. The molecule has 194 valence electrons. The van der Waals surface area contributed by atoms with Crippen molar-refractivity contribution in [3.8, 4) is 0 Å². The highest BCUT2D eigenvalue weighted by Gasteiger charge is 2.47. The van der Waals surface area contributed by atoms with Gasteiger partial charge in [-0.05, 0) is 78.3 Å². The second kappa shape index (κ2) is 10.2. The van der Waals surface area contributed by atoms with Gasteiger partial charge in [-0.3, -0.25) is 19.3 Å². The standard InChI is InChI=1S/C31H30N2O5/c1-32(2)24-15-11-21(12-16-24)28-27(29(36)23-10-9-20-5-3-4-6-22(20)18-23)30(37)31(38)33(28)25-13-7-19(8-14-25)17-26(34)35/h7-16,18,28,36H,3-6,17H2,1-2H3,(H,34,35)/b29-27-. The number of aryl methyl sites for hydroxylation is 2. The Balaban J connectivity index is 1.64. The van der Waals surface area contributed by atoms with Gasteiger partial charge in [0.2, 0.25) is 0 Å². The van der Waals surface area contributed by atoms with Crippen LogP contribution in [-0.2, 0) is 33.6 Å². The predicted octanol–water partition coefficient (Wildman–Crippen LogP) is 4.88. The summed E-state index contributed by atoms with van der Waals surface area (Å²) in [6.07, 6.45) is 3.99. The van der Waals surface area contributed by atoms with E-state index in [1.807, 2.05) is 61.5 Å². The van der Waals surface area contributed by atoms with E-state index in [0.717, 1.165) is 36.9 Å². The van der Waals surface area contributed by atoms with E-state index in [-0.39, 0.29) is 17.8 Å².